The van der Waals surface area contributed by atoms with Crippen molar-refractivity contribution in [2.75, 3.05) is 5.32 Å². The lowest BCUT2D eigenvalue weighted by atomic mass is 10.1. The molecule has 1 N–H and O–H groups in total. The molecule has 4 heteroatoms. The van der Waals surface area contributed by atoms with Crippen LogP contribution in [0, 0.1) is 0 Å². The van der Waals surface area contributed by atoms with Crippen LogP contribution in [0.1, 0.15) is 34.6 Å². The number of carbonyl (C=O) groups excluding carboxylic acids is 2. The average Bonchev–Trinajstić information content (AvgIpc) is 2.49. The number of aldehydes is 1. The van der Waals surface area contributed by atoms with Crippen LogP contribution >= 0.6 is 0 Å². The predicted molar refractivity (Wildman–Crippen MR) is 82.0 cm³/mol. The molecule has 4 nitrogen and oxygen atoms in total. The number of rotatable bonds is 5. The zero-order valence-corrected chi connectivity index (χ0v) is 12.0. The van der Waals surface area contributed by atoms with Gasteiger partial charge in [0.15, 0.2) is 0 Å². The molecule has 0 bridgehead atoms. The molecule has 21 heavy (non-hydrogen) atoms. The van der Waals surface area contributed by atoms with Gasteiger partial charge in [-0.25, -0.2) is 0 Å². The molecule has 2 rings (SSSR count). The minimum atomic E-state index is -0.218. The van der Waals surface area contributed by atoms with E-state index in [1.165, 1.54) is 0 Å². The molecule has 0 heterocycles. The maximum Gasteiger partial charge on any atom is 0.255 e. The average molecular weight is 283 g/mol. The SMILES string of the molecule is CC(C)Oc1ccc(NC(=O)c2ccc(C=O)cc2)cc1. The van der Waals surface area contributed by atoms with Crippen molar-refractivity contribution in [2.24, 2.45) is 0 Å². The van der Waals surface area contributed by atoms with E-state index >= 15 is 0 Å². The molecule has 2 aromatic carbocycles. The van der Waals surface area contributed by atoms with Gasteiger partial charge in [0.25, 0.3) is 5.91 Å². The minimum absolute atomic E-state index is 0.113. The van der Waals surface area contributed by atoms with E-state index in [2.05, 4.69) is 5.32 Å². The molecule has 0 fully saturated rings. The zero-order valence-electron chi connectivity index (χ0n) is 12.0. The summed E-state index contributed by atoms with van der Waals surface area (Å²) in [4.78, 5) is 22.6. The van der Waals surface area contributed by atoms with Crippen molar-refractivity contribution >= 4 is 17.9 Å². The van der Waals surface area contributed by atoms with Gasteiger partial charge >= 0.3 is 0 Å². The Bertz CT molecular complexity index is 615. The Balaban J connectivity index is 2.03. The van der Waals surface area contributed by atoms with Crippen molar-refractivity contribution in [3.05, 3.63) is 59.7 Å². The van der Waals surface area contributed by atoms with Crippen LogP contribution in [0.15, 0.2) is 48.5 Å². The second-order valence-electron chi connectivity index (χ2n) is 4.88. The summed E-state index contributed by atoms with van der Waals surface area (Å²) in [5.74, 6) is 0.545. The molecular formula is C17H17NO3. The highest BCUT2D eigenvalue weighted by molar-refractivity contribution is 6.04. The van der Waals surface area contributed by atoms with Crippen molar-refractivity contribution in [1.82, 2.24) is 0 Å². The van der Waals surface area contributed by atoms with E-state index in [9.17, 15) is 9.59 Å². The van der Waals surface area contributed by atoms with Crippen LogP contribution in [0.3, 0.4) is 0 Å². The van der Waals surface area contributed by atoms with Crippen molar-refractivity contribution < 1.29 is 14.3 Å². The van der Waals surface area contributed by atoms with Gasteiger partial charge < -0.3 is 10.1 Å². The van der Waals surface area contributed by atoms with E-state index in [-0.39, 0.29) is 12.0 Å². The Morgan fingerprint density at radius 2 is 1.67 bits per heavy atom. The van der Waals surface area contributed by atoms with Gasteiger partial charge in [-0.3, -0.25) is 9.59 Å². The lowest BCUT2D eigenvalue weighted by Gasteiger charge is -2.10. The summed E-state index contributed by atoms with van der Waals surface area (Å²) in [6.07, 6.45) is 0.858. The molecule has 0 saturated carbocycles. The van der Waals surface area contributed by atoms with Gasteiger partial charge in [0.1, 0.15) is 12.0 Å². The summed E-state index contributed by atoms with van der Waals surface area (Å²) in [5, 5.41) is 2.79. The highest BCUT2D eigenvalue weighted by Gasteiger charge is 2.06. The molecule has 0 unspecified atom stereocenters. The molecule has 0 spiro atoms. The zero-order chi connectivity index (χ0) is 15.2. The molecular weight excluding hydrogens is 266 g/mol. The van der Waals surface area contributed by atoms with Gasteiger partial charge in [-0.1, -0.05) is 12.1 Å². The largest absolute Gasteiger partial charge is 0.491 e. The molecule has 0 aliphatic rings. The fraction of sp³-hybridized carbons (Fsp3) is 0.176. The number of amides is 1. The first-order valence-corrected chi connectivity index (χ1v) is 6.72. The quantitative estimate of drug-likeness (QED) is 0.854. The molecule has 0 radical (unpaired) electrons. The monoisotopic (exact) mass is 283 g/mol. The normalized spacial score (nSPS) is 10.2. The van der Waals surface area contributed by atoms with Gasteiger partial charge in [-0.2, -0.15) is 0 Å². The summed E-state index contributed by atoms with van der Waals surface area (Å²) in [6, 6.07) is 13.7. The van der Waals surface area contributed by atoms with Gasteiger partial charge in [-0.15, -0.1) is 0 Å². The van der Waals surface area contributed by atoms with Crippen molar-refractivity contribution in [1.29, 1.82) is 0 Å². The maximum atomic E-state index is 12.0. The summed E-state index contributed by atoms with van der Waals surface area (Å²) in [6.45, 7) is 3.91. The van der Waals surface area contributed by atoms with Crippen LogP contribution in [-0.2, 0) is 0 Å². The number of hydrogen-bond acceptors (Lipinski definition) is 3. The highest BCUT2D eigenvalue weighted by atomic mass is 16.5. The third-order valence-electron chi connectivity index (χ3n) is 2.79. The van der Waals surface area contributed by atoms with Gasteiger partial charge in [0.2, 0.25) is 0 Å². The van der Waals surface area contributed by atoms with Crippen LogP contribution in [0.25, 0.3) is 0 Å². The van der Waals surface area contributed by atoms with Gasteiger partial charge in [-0.05, 0) is 50.2 Å². The Hall–Kier alpha value is -2.62. The Morgan fingerprint density at radius 3 is 2.19 bits per heavy atom. The van der Waals surface area contributed by atoms with E-state index in [1.54, 1.807) is 36.4 Å². The summed E-state index contributed by atoms with van der Waals surface area (Å²) >= 11 is 0. The van der Waals surface area contributed by atoms with Crippen LogP contribution in [0.5, 0.6) is 5.75 Å². The van der Waals surface area contributed by atoms with Crippen LogP contribution < -0.4 is 10.1 Å². The number of benzene rings is 2. The molecule has 0 aromatic heterocycles. The van der Waals surface area contributed by atoms with Crippen LogP contribution in [-0.4, -0.2) is 18.3 Å². The molecule has 0 atom stereocenters. The number of hydrogen-bond donors (Lipinski definition) is 1. The molecule has 0 aliphatic carbocycles. The van der Waals surface area contributed by atoms with Gasteiger partial charge in [0.05, 0.1) is 6.10 Å². The summed E-state index contributed by atoms with van der Waals surface area (Å²) < 4.78 is 5.54. The number of carbonyl (C=O) groups is 2. The second-order valence-corrected chi connectivity index (χ2v) is 4.88. The molecule has 0 saturated heterocycles. The Labute approximate surface area is 123 Å². The maximum absolute atomic E-state index is 12.0. The van der Waals surface area contributed by atoms with E-state index in [0.29, 0.717) is 16.8 Å². The third kappa shape index (κ3) is 4.18. The first-order chi connectivity index (χ1) is 10.1. The minimum Gasteiger partial charge on any atom is -0.491 e. The lowest BCUT2D eigenvalue weighted by Crippen LogP contribution is -2.12. The Kier molecular flexibility index (Phi) is 4.72. The fourth-order valence-corrected chi connectivity index (χ4v) is 1.81. The topological polar surface area (TPSA) is 55.4 Å². The van der Waals surface area contributed by atoms with Crippen molar-refractivity contribution in [3.63, 3.8) is 0 Å². The van der Waals surface area contributed by atoms with Crippen LogP contribution in [0.2, 0.25) is 0 Å². The fourth-order valence-electron chi connectivity index (χ4n) is 1.81. The number of ether oxygens (including phenoxy) is 1. The molecule has 0 aliphatic heterocycles. The highest BCUT2D eigenvalue weighted by Crippen LogP contribution is 2.17. The van der Waals surface area contributed by atoms with Crippen LogP contribution in [0.4, 0.5) is 5.69 Å². The predicted octanol–water partition coefficient (Wildman–Crippen LogP) is 3.54. The van der Waals surface area contributed by atoms with E-state index in [4.69, 9.17) is 4.74 Å². The third-order valence-corrected chi connectivity index (χ3v) is 2.79. The Morgan fingerprint density at radius 1 is 1.05 bits per heavy atom. The standard InChI is InChI=1S/C17H17NO3/c1-12(2)21-16-9-7-15(8-10-16)18-17(20)14-5-3-13(11-19)4-6-14/h3-12H,1-2H3,(H,18,20). The number of anilines is 1. The molecule has 2 aromatic rings. The van der Waals surface area contributed by atoms with E-state index in [0.717, 1.165) is 12.0 Å². The van der Waals surface area contributed by atoms with Gasteiger partial charge in [0, 0.05) is 16.8 Å². The molecule has 108 valence electrons. The lowest BCUT2D eigenvalue weighted by molar-refractivity contribution is 0.102. The first kappa shape index (κ1) is 14.8. The number of nitrogens with one attached hydrogen (secondary N) is 1. The van der Waals surface area contributed by atoms with Crippen molar-refractivity contribution in [2.45, 2.75) is 20.0 Å². The van der Waals surface area contributed by atoms with E-state index < -0.39 is 0 Å². The second kappa shape index (κ2) is 6.70. The summed E-state index contributed by atoms with van der Waals surface area (Å²) in [7, 11) is 0. The molecule has 1 amide bonds. The van der Waals surface area contributed by atoms with E-state index in [1.807, 2.05) is 26.0 Å². The first-order valence-electron chi connectivity index (χ1n) is 6.72. The smallest absolute Gasteiger partial charge is 0.255 e. The summed E-state index contributed by atoms with van der Waals surface area (Å²) in [5.41, 5.74) is 1.74. The van der Waals surface area contributed by atoms with Crippen molar-refractivity contribution in [3.8, 4) is 5.75 Å².